The van der Waals surface area contributed by atoms with Gasteiger partial charge in [-0.25, -0.2) is 0 Å². The summed E-state index contributed by atoms with van der Waals surface area (Å²) in [5, 5.41) is 22.2. The number of aliphatic hydroxyl groups is 2. The minimum Gasteiger partial charge on any atom is -0.396 e. The predicted octanol–water partition coefficient (Wildman–Crippen LogP) is -1.24. The molecule has 1 saturated heterocycles. The van der Waals surface area contributed by atoms with Crippen LogP contribution >= 0.6 is 0 Å². The average molecular weight is 232 g/mol. The molecule has 94 valence electrons. The quantitative estimate of drug-likeness (QED) is 0.487. The van der Waals surface area contributed by atoms with Gasteiger partial charge in [-0.05, 0) is 12.8 Å². The van der Waals surface area contributed by atoms with E-state index in [9.17, 15) is 9.59 Å². The van der Waals surface area contributed by atoms with Gasteiger partial charge in [0.15, 0.2) is 0 Å². The highest BCUT2D eigenvalue weighted by Crippen LogP contribution is 2.03. The van der Waals surface area contributed by atoms with Gasteiger partial charge in [0, 0.05) is 13.2 Å². The van der Waals surface area contributed by atoms with Crippen molar-refractivity contribution >= 4 is 11.8 Å². The van der Waals surface area contributed by atoms with Crippen molar-refractivity contribution in [3.8, 4) is 0 Å². The van der Waals surface area contributed by atoms with Gasteiger partial charge < -0.3 is 20.8 Å². The highest BCUT2D eigenvalue weighted by molar-refractivity contribution is 5.96. The fourth-order valence-electron chi connectivity index (χ4n) is 1.34. The summed E-state index contributed by atoms with van der Waals surface area (Å²) in [5.41, 5.74) is 0. The number of piperazine rings is 1. The topological polar surface area (TPSA) is 98.7 Å². The molecule has 2 amide bonds. The first-order valence-electron chi connectivity index (χ1n) is 5.51. The molecule has 0 radical (unpaired) electrons. The molecule has 0 aromatic heterocycles. The maximum absolute atomic E-state index is 11.3. The monoisotopic (exact) mass is 232 g/mol. The second-order valence-corrected chi connectivity index (χ2v) is 3.15. The summed E-state index contributed by atoms with van der Waals surface area (Å²) in [7, 11) is 0. The normalized spacial score (nSPS) is 24.0. The highest BCUT2D eigenvalue weighted by Gasteiger charge is 2.32. The first kappa shape index (κ1) is 14.9. The number of hydrogen-bond donors (Lipinski definition) is 4. The third-order valence-corrected chi connectivity index (χ3v) is 2.10. The molecule has 0 bridgehead atoms. The van der Waals surface area contributed by atoms with Gasteiger partial charge in [0.1, 0.15) is 12.1 Å². The third kappa shape index (κ3) is 4.16. The van der Waals surface area contributed by atoms with Gasteiger partial charge in [-0.1, -0.05) is 13.8 Å². The van der Waals surface area contributed by atoms with Crippen molar-refractivity contribution in [2.24, 2.45) is 0 Å². The van der Waals surface area contributed by atoms with Crippen molar-refractivity contribution in [3.05, 3.63) is 0 Å². The molecule has 1 fully saturated rings. The van der Waals surface area contributed by atoms with Crippen LogP contribution in [0.5, 0.6) is 0 Å². The lowest BCUT2D eigenvalue weighted by molar-refractivity contribution is -0.137. The summed E-state index contributed by atoms with van der Waals surface area (Å²) in [6, 6.07) is -1.30. The van der Waals surface area contributed by atoms with Crippen molar-refractivity contribution in [2.45, 2.75) is 38.8 Å². The molecule has 0 aromatic rings. The number of carbonyl (C=O) groups excluding carboxylic acids is 2. The van der Waals surface area contributed by atoms with Crippen molar-refractivity contribution in [1.29, 1.82) is 0 Å². The van der Waals surface area contributed by atoms with Crippen LogP contribution in [0.25, 0.3) is 0 Å². The molecular formula is C10H20N2O4. The van der Waals surface area contributed by atoms with E-state index in [0.29, 0.717) is 0 Å². The van der Waals surface area contributed by atoms with Crippen LogP contribution in [0.3, 0.4) is 0 Å². The summed E-state index contributed by atoms with van der Waals surface area (Å²) in [6.45, 7) is 3.70. The van der Waals surface area contributed by atoms with Crippen LogP contribution < -0.4 is 10.6 Å². The van der Waals surface area contributed by atoms with E-state index >= 15 is 0 Å². The van der Waals surface area contributed by atoms with Crippen LogP contribution in [0.4, 0.5) is 0 Å². The van der Waals surface area contributed by atoms with Gasteiger partial charge in [0.25, 0.3) is 0 Å². The van der Waals surface area contributed by atoms with E-state index < -0.39 is 12.1 Å². The number of aliphatic hydroxyl groups excluding tert-OH is 2. The number of rotatable bonds is 4. The Morgan fingerprint density at radius 2 is 1.25 bits per heavy atom. The van der Waals surface area contributed by atoms with Gasteiger partial charge in [-0.3, -0.25) is 9.59 Å². The molecule has 0 saturated carbocycles. The van der Waals surface area contributed by atoms with E-state index in [-0.39, 0.29) is 37.9 Å². The lowest BCUT2D eigenvalue weighted by Gasteiger charge is -2.28. The maximum Gasteiger partial charge on any atom is 0.243 e. The summed E-state index contributed by atoms with van der Waals surface area (Å²) in [5.74, 6) is -0.616. The fourth-order valence-corrected chi connectivity index (χ4v) is 1.34. The van der Waals surface area contributed by atoms with Crippen LogP contribution in [-0.4, -0.2) is 47.3 Å². The largest absolute Gasteiger partial charge is 0.396 e. The lowest BCUT2D eigenvalue weighted by atomic mass is 10.1. The van der Waals surface area contributed by atoms with Crippen molar-refractivity contribution in [3.63, 3.8) is 0 Å². The van der Waals surface area contributed by atoms with E-state index in [1.807, 2.05) is 13.8 Å². The zero-order valence-corrected chi connectivity index (χ0v) is 9.69. The second kappa shape index (κ2) is 8.06. The minimum atomic E-state index is -0.651. The standard InChI is InChI=1S/C8H14N2O4.C2H6/c11-3-1-5-7(13)10-6(2-4-12)8(14)9-5;1-2/h5-6,11-12H,1-4H2,(H,9,14)(H,10,13);1-2H3. The molecule has 6 nitrogen and oxygen atoms in total. The van der Waals surface area contributed by atoms with E-state index in [4.69, 9.17) is 10.2 Å². The Morgan fingerprint density at radius 3 is 1.50 bits per heavy atom. The zero-order valence-electron chi connectivity index (χ0n) is 9.69. The van der Waals surface area contributed by atoms with Crippen LogP contribution in [0.15, 0.2) is 0 Å². The Hall–Kier alpha value is -1.14. The van der Waals surface area contributed by atoms with Crippen LogP contribution in [0.2, 0.25) is 0 Å². The third-order valence-electron chi connectivity index (χ3n) is 2.10. The highest BCUT2D eigenvalue weighted by atomic mass is 16.3. The summed E-state index contributed by atoms with van der Waals surface area (Å²) >= 11 is 0. The molecule has 0 aliphatic carbocycles. The van der Waals surface area contributed by atoms with Gasteiger partial charge >= 0.3 is 0 Å². The number of carbonyl (C=O) groups is 2. The second-order valence-electron chi connectivity index (χ2n) is 3.15. The number of hydrogen-bond acceptors (Lipinski definition) is 4. The lowest BCUT2D eigenvalue weighted by Crippen LogP contribution is -2.61. The van der Waals surface area contributed by atoms with E-state index in [1.54, 1.807) is 0 Å². The van der Waals surface area contributed by atoms with Gasteiger partial charge in [0.05, 0.1) is 0 Å². The average Bonchev–Trinajstić information content (AvgIpc) is 2.29. The molecule has 1 rings (SSSR count). The molecule has 0 spiro atoms. The molecule has 1 aliphatic heterocycles. The zero-order chi connectivity index (χ0) is 12.6. The van der Waals surface area contributed by atoms with Crippen LogP contribution in [-0.2, 0) is 9.59 Å². The molecule has 2 unspecified atom stereocenters. The smallest absolute Gasteiger partial charge is 0.243 e. The molecule has 16 heavy (non-hydrogen) atoms. The molecule has 4 N–H and O–H groups in total. The number of amides is 2. The molecule has 6 heteroatoms. The van der Waals surface area contributed by atoms with Crippen molar-refractivity contribution in [1.82, 2.24) is 10.6 Å². The van der Waals surface area contributed by atoms with Crippen LogP contribution in [0, 0.1) is 0 Å². The Balaban J connectivity index is 0.00000106. The van der Waals surface area contributed by atoms with Gasteiger partial charge in [-0.15, -0.1) is 0 Å². The summed E-state index contributed by atoms with van der Waals surface area (Å²) in [6.07, 6.45) is 0.423. The first-order chi connectivity index (χ1) is 7.69. The summed E-state index contributed by atoms with van der Waals surface area (Å²) in [4.78, 5) is 22.6. The fraction of sp³-hybridized carbons (Fsp3) is 0.800. The Labute approximate surface area is 95.0 Å². The minimum absolute atomic E-state index is 0.150. The first-order valence-corrected chi connectivity index (χ1v) is 5.51. The SMILES string of the molecule is CC.O=C1NC(CCO)C(=O)NC1CCO. The predicted molar refractivity (Wildman–Crippen MR) is 58.6 cm³/mol. The van der Waals surface area contributed by atoms with E-state index in [2.05, 4.69) is 10.6 Å². The molecular weight excluding hydrogens is 212 g/mol. The van der Waals surface area contributed by atoms with E-state index in [0.717, 1.165) is 0 Å². The molecule has 1 heterocycles. The molecule has 1 aliphatic rings. The Kier molecular flexibility index (Phi) is 7.49. The van der Waals surface area contributed by atoms with Crippen molar-refractivity contribution in [2.75, 3.05) is 13.2 Å². The van der Waals surface area contributed by atoms with Gasteiger partial charge in [-0.2, -0.15) is 0 Å². The van der Waals surface area contributed by atoms with Gasteiger partial charge in [0.2, 0.25) is 11.8 Å². The Bertz CT molecular complexity index is 209. The van der Waals surface area contributed by atoms with Crippen LogP contribution in [0.1, 0.15) is 26.7 Å². The number of nitrogens with one attached hydrogen (secondary N) is 2. The molecule has 2 atom stereocenters. The van der Waals surface area contributed by atoms with Crippen molar-refractivity contribution < 1.29 is 19.8 Å². The molecule has 0 aromatic carbocycles. The maximum atomic E-state index is 11.3. The Morgan fingerprint density at radius 1 is 0.938 bits per heavy atom. The summed E-state index contributed by atoms with van der Waals surface area (Å²) < 4.78 is 0. The van der Waals surface area contributed by atoms with E-state index in [1.165, 1.54) is 0 Å².